The van der Waals surface area contributed by atoms with Gasteiger partial charge in [-0.05, 0) is 38.5 Å². The van der Waals surface area contributed by atoms with Crippen LogP contribution in [0.1, 0.15) is 427 Å². The third-order valence-corrected chi connectivity index (χ3v) is 19.8. The third kappa shape index (κ3) is 49.9. The number of aromatic nitrogens is 2. The predicted octanol–water partition coefficient (Wildman–Crippen LogP) is 29.1. The topological polar surface area (TPSA) is 125 Å². The Morgan fingerprint density at radius 2 is 0.444 bits per heavy atom. The average Bonchev–Trinajstić information content (AvgIpc) is 0.828. The molecule has 0 amide bonds. The number of aromatic amines is 1. The Kier molecular flexibility index (Phi) is 60.1. The molecule has 3 aromatic rings. The summed E-state index contributed by atoms with van der Waals surface area (Å²) < 4.78 is 40.7. The molecule has 0 radical (unpaired) electrons. The van der Waals surface area contributed by atoms with Crippen molar-refractivity contribution in [3.63, 3.8) is 0 Å². The van der Waals surface area contributed by atoms with E-state index in [4.69, 9.17) is 28.4 Å². The quantitative estimate of drug-likeness (QED) is 0.0471. The van der Waals surface area contributed by atoms with Crippen LogP contribution >= 0.6 is 0 Å². The molecule has 572 valence electrons. The summed E-state index contributed by atoms with van der Waals surface area (Å²) in [7, 11) is 0. The minimum Gasteiger partial charge on any atom is -0.489 e. The molecule has 0 spiro atoms. The molecule has 0 aliphatic carbocycles. The fourth-order valence-corrected chi connectivity index (χ4v) is 13.5. The second-order valence-corrected chi connectivity index (χ2v) is 29.5. The van der Waals surface area contributed by atoms with E-state index in [1.165, 1.54) is 308 Å². The first-order valence-corrected chi connectivity index (χ1v) is 43.2. The number of unbranched alkanes of at least 4 members (excludes halogenated alkanes) is 54. The van der Waals surface area contributed by atoms with Gasteiger partial charge in [0.1, 0.15) is 11.6 Å². The van der Waals surface area contributed by atoms with Crippen molar-refractivity contribution in [1.82, 2.24) is 9.97 Å². The van der Waals surface area contributed by atoms with E-state index in [-0.39, 0.29) is 0 Å². The SMILES string of the molecule is CCCCCCCCCCCCOc1cc(Nc2cc(Nc3cc(OCCCCCCCCCCCC)c(OCCCCCCCCCCCC)c(OCCCCCCCCCCCC)c3)[nH]c(=O)n2)cc(OCCCCCCCCCCCC)c1OCCCCCCCCCCCC. The molecule has 3 rings (SSSR count). The molecule has 0 aliphatic rings. The molecule has 2 aromatic carbocycles. The molecule has 0 saturated heterocycles. The maximum absolute atomic E-state index is 13.8. The van der Waals surface area contributed by atoms with Crippen LogP contribution in [0, 0.1) is 0 Å². The highest BCUT2D eigenvalue weighted by Gasteiger charge is 2.20. The molecule has 0 aliphatic heterocycles. The molecular weight excluding hydrogens is 1220 g/mol. The smallest absolute Gasteiger partial charge is 0.348 e. The highest BCUT2D eigenvalue weighted by atomic mass is 16.5. The van der Waals surface area contributed by atoms with Crippen molar-refractivity contribution in [2.24, 2.45) is 0 Å². The van der Waals surface area contributed by atoms with E-state index >= 15 is 0 Å². The first-order chi connectivity index (χ1) is 49.0. The molecule has 99 heavy (non-hydrogen) atoms. The fraction of sp³-hybridized carbons (Fsp3) is 0.818. The predicted molar refractivity (Wildman–Crippen MR) is 428 cm³/mol. The molecule has 11 heteroatoms. The highest BCUT2D eigenvalue weighted by molar-refractivity contribution is 5.70. The molecule has 0 bridgehead atoms. The van der Waals surface area contributed by atoms with Crippen molar-refractivity contribution in [1.29, 1.82) is 0 Å². The number of hydrogen-bond donors (Lipinski definition) is 3. The van der Waals surface area contributed by atoms with Crippen LogP contribution in [-0.2, 0) is 0 Å². The number of rotatable bonds is 76. The Balaban J connectivity index is 1.96. The van der Waals surface area contributed by atoms with E-state index in [1.54, 1.807) is 0 Å². The monoisotopic (exact) mass is 1380 g/mol. The summed E-state index contributed by atoms with van der Waals surface area (Å²) in [6.07, 6.45) is 75.7. The van der Waals surface area contributed by atoms with Crippen LogP contribution in [0.3, 0.4) is 0 Å². The van der Waals surface area contributed by atoms with Crippen LogP contribution < -0.4 is 44.7 Å². The summed E-state index contributed by atoms with van der Waals surface area (Å²) in [6.45, 7) is 17.3. The highest BCUT2D eigenvalue weighted by Crippen LogP contribution is 2.44. The van der Waals surface area contributed by atoms with E-state index in [1.807, 2.05) is 30.3 Å². The molecule has 1 aromatic heterocycles. The summed E-state index contributed by atoms with van der Waals surface area (Å²) in [5, 5.41) is 7.10. The number of benzene rings is 2. The summed E-state index contributed by atoms with van der Waals surface area (Å²) in [6, 6.07) is 9.93. The van der Waals surface area contributed by atoms with E-state index < -0.39 is 5.69 Å². The summed E-state index contributed by atoms with van der Waals surface area (Å²) in [4.78, 5) is 21.3. The van der Waals surface area contributed by atoms with Crippen molar-refractivity contribution in [2.75, 3.05) is 50.3 Å². The van der Waals surface area contributed by atoms with Crippen molar-refractivity contribution in [3.05, 3.63) is 40.8 Å². The lowest BCUT2D eigenvalue weighted by Crippen LogP contribution is -2.14. The van der Waals surface area contributed by atoms with Crippen molar-refractivity contribution in [2.45, 2.75) is 427 Å². The molecule has 1 heterocycles. The Bertz CT molecular complexity index is 2060. The van der Waals surface area contributed by atoms with Gasteiger partial charge in [0.05, 0.1) is 39.6 Å². The minimum atomic E-state index is -0.472. The lowest BCUT2D eigenvalue weighted by Gasteiger charge is -2.20. The van der Waals surface area contributed by atoms with Crippen LogP contribution in [0.4, 0.5) is 23.0 Å². The summed E-state index contributed by atoms with van der Waals surface area (Å²) >= 11 is 0. The lowest BCUT2D eigenvalue weighted by molar-refractivity contribution is 0.234. The largest absolute Gasteiger partial charge is 0.489 e. The first-order valence-electron chi connectivity index (χ1n) is 43.2. The van der Waals surface area contributed by atoms with Gasteiger partial charge in [-0.25, -0.2) is 4.79 Å². The van der Waals surface area contributed by atoms with Gasteiger partial charge in [0.15, 0.2) is 23.0 Å². The van der Waals surface area contributed by atoms with Crippen LogP contribution in [0.5, 0.6) is 34.5 Å². The van der Waals surface area contributed by atoms with Gasteiger partial charge in [-0.3, -0.25) is 4.98 Å². The number of H-pyrrole nitrogens is 1. The van der Waals surface area contributed by atoms with Crippen LogP contribution in [0.15, 0.2) is 35.1 Å². The number of nitrogens with one attached hydrogen (secondary N) is 3. The van der Waals surface area contributed by atoms with E-state index in [9.17, 15) is 4.79 Å². The zero-order valence-electron chi connectivity index (χ0n) is 65.9. The van der Waals surface area contributed by atoms with Crippen molar-refractivity contribution in [3.8, 4) is 34.5 Å². The first kappa shape index (κ1) is 88.9. The number of ether oxygens (including phenoxy) is 6. The number of nitrogens with zero attached hydrogens (tertiary/aromatic N) is 1. The molecule has 0 unspecified atom stereocenters. The van der Waals surface area contributed by atoms with Gasteiger partial charge in [0.2, 0.25) is 11.5 Å². The van der Waals surface area contributed by atoms with Gasteiger partial charge in [0, 0.05) is 41.7 Å². The van der Waals surface area contributed by atoms with Crippen molar-refractivity contribution >= 4 is 23.0 Å². The Labute approximate surface area is 610 Å². The van der Waals surface area contributed by atoms with Gasteiger partial charge in [-0.1, -0.05) is 388 Å². The third-order valence-electron chi connectivity index (χ3n) is 19.8. The van der Waals surface area contributed by atoms with Gasteiger partial charge in [-0.2, -0.15) is 4.98 Å². The molecule has 0 atom stereocenters. The summed E-state index contributed by atoms with van der Waals surface area (Å²) in [5.41, 5.74) is 0.982. The van der Waals surface area contributed by atoms with E-state index in [0.717, 1.165) is 88.4 Å². The summed E-state index contributed by atoms with van der Waals surface area (Å²) in [5.74, 6) is 4.89. The molecular formula is C88H158N4O7. The Morgan fingerprint density at radius 3 is 0.667 bits per heavy atom. The van der Waals surface area contributed by atoms with Gasteiger partial charge in [0.25, 0.3) is 0 Å². The number of anilines is 4. The van der Waals surface area contributed by atoms with Gasteiger partial charge >= 0.3 is 5.69 Å². The van der Waals surface area contributed by atoms with E-state index in [0.29, 0.717) is 85.8 Å². The molecule has 11 nitrogen and oxygen atoms in total. The molecule has 0 saturated carbocycles. The standard InChI is InChI=1S/C88H158N4O7/c1-7-13-19-25-31-37-43-49-55-61-67-94-80-73-78(74-81(95-68-62-56-50-44-38-32-26-20-14-8-2)86(80)98-71-65-59-53-47-41-35-29-23-17-11-5)89-84-77-85(92-88(93)91-84)90-79-75-82(96-69-63-57-51-45-39-33-27-21-15-9-3)87(99-72-66-60-54-48-42-36-30-24-18-12-6)83(76-79)97-70-64-58-52-46-40-34-28-22-16-10-4/h73-77H,7-72H2,1-6H3,(H3,89,90,91,92,93). The van der Waals surface area contributed by atoms with Crippen LogP contribution in [-0.4, -0.2) is 49.6 Å². The zero-order valence-corrected chi connectivity index (χ0v) is 65.9. The number of hydrogen-bond acceptors (Lipinski definition) is 10. The van der Waals surface area contributed by atoms with Crippen LogP contribution in [0.2, 0.25) is 0 Å². The maximum atomic E-state index is 13.8. The van der Waals surface area contributed by atoms with Crippen LogP contribution in [0.25, 0.3) is 0 Å². The van der Waals surface area contributed by atoms with E-state index in [2.05, 4.69) is 62.1 Å². The Morgan fingerprint density at radius 1 is 0.253 bits per heavy atom. The van der Waals surface area contributed by atoms with Gasteiger partial charge < -0.3 is 39.1 Å². The Hall–Kier alpha value is -4.28. The fourth-order valence-electron chi connectivity index (χ4n) is 13.5. The average molecular weight is 1380 g/mol. The second-order valence-electron chi connectivity index (χ2n) is 29.5. The van der Waals surface area contributed by atoms with Crippen molar-refractivity contribution < 1.29 is 28.4 Å². The minimum absolute atomic E-state index is 0.396. The molecule has 0 fully saturated rings. The normalized spacial score (nSPS) is 11.4. The van der Waals surface area contributed by atoms with Gasteiger partial charge in [-0.15, -0.1) is 0 Å². The second kappa shape index (κ2) is 66.9. The lowest BCUT2D eigenvalue weighted by atomic mass is 10.1. The zero-order chi connectivity index (χ0) is 70.6. The maximum Gasteiger partial charge on any atom is 0.348 e. The molecule has 3 N–H and O–H groups in total.